The summed E-state index contributed by atoms with van der Waals surface area (Å²) >= 11 is 0. The van der Waals surface area contributed by atoms with Crippen LogP contribution >= 0.6 is 0 Å². The van der Waals surface area contributed by atoms with Crippen molar-refractivity contribution in [2.24, 2.45) is 18.9 Å². The van der Waals surface area contributed by atoms with Crippen molar-refractivity contribution in [1.29, 1.82) is 0 Å². The summed E-state index contributed by atoms with van der Waals surface area (Å²) in [7, 11) is 3.47. The molecule has 0 unspecified atom stereocenters. The van der Waals surface area contributed by atoms with Gasteiger partial charge in [0.25, 0.3) is 5.56 Å². The minimum Gasteiger partial charge on any atom is -0.497 e. The molecule has 8 nitrogen and oxygen atoms in total. The van der Waals surface area contributed by atoms with Crippen molar-refractivity contribution >= 4 is 11.6 Å². The minimum absolute atomic E-state index is 0.0782. The van der Waals surface area contributed by atoms with Crippen molar-refractivity contribution in [2.45, 2.75) is 0 Å². The molecule has 8 heteroatoms. The van der Waals surface area contributed by atoms with Crippen molar-refractivity contribution < 1.29 is 4.74 Å². The molecule has 2 atom stereocenters. The molecule has 0 aliphatic carbocycles. The summed E-state index contributed by atoms with van der Waals surface area (Å²) in [5.74, 6) is 2.68. The van der Waals surface area contributed by atoms with Gasteiger partial charge in [0.05, 0.1) is 18.5 Å². The average Bonchev–Trinajstić information content (AvgIpc) is 3.35. The van der Waals surface area contributed by atoms with Crippen molar-refractivity contribution in [1.82, 2.24) is 19.5 Å². The molecule has 2 fully saturated rings. The molecule has 154 valence electrons. The molecule has 4 heterocycles. The molecule has 2 aliphatic rings. The van der Waals surface area contributed by atoms with Gasteiger partial charge >= 0.3 is 0 Å². The first kappa shape index (κ1) is 18.6. The smallest absolute Gasteiger partial charge is 0.255 e. The van der Waals surface area contributed by atoms with E-state index in [-0.39, 0.29) is 5.56 Å². The van der Waals surface area contributed by atoms with Gasteiger partial charge in [0.15, 0.2) is 0 Å². The number of nitrogens with zero attached hydrogens (tertiary/aromatic N) is 6. The number of fused-ring (bicyclic) bond motifs is 1. The van der Waals surface area contributed by atoms with Gasteiger partial charge in [0, 0.05) is 63.0 Å². The molecular formula is C22H24N6O2. The van der Waals surface area contributed by atoms with E-state index >= 15 is 0 Å². The first-order valence-electron chi connectivity index (χ1n) is 10.1. The fraction of sp³-hybridized carbons (Fsp3) is 0.364. The quantitative estimate of drug-likeness (QED) is 0.656. The van der Waals surface area contributed by atoms with Crippen LogP contribution in [-0.4, -0.2) is 52.8 Å². The van der Waals surface area contributed by atoms with E-state index in [0.717, 1.165) is 31.9 Å². The number of ether oxygens (including phenoxy) is 1. The second kappa shape index (κ2) is 7.44. The predicted octanol–water partition coefficient (Wildman–Crippen LogP) is 1.82. The average molecular weight is 404 g/mol. The number of rotatable bonds is 4. The fourth-order valence-corrected chi connectivity index (χ4v) is 4.54. The van der Waals surface area contributed by atoms with Crippen LogP contribution in [0.3, 0.4) is 0 Å². The minimum atomic E-state index is -0.0782. The van der Waals surface area contributed by atoms with Gasteiger partial charge in [-0.2, -0.15) is 0 Å². The summed E-state index contributed by atoms with van der Waals surface area (Å²) < 4.78 is 6.90. The Kier molecular flexibility index (Phi) is 4.61. The third-order valence-corrected chi connectivity index (χ3v) is 6.16. The Bertz CT molecular complexity index is 1080. The van der Waals surface area contributed by atoms with Crippen molar-refractivity contribution in [2.75, 3.05) is 43.1 Å². The largest absolute Gasteiger partial charge is 0.497 e. The summed E-state index contributed by atoms with van der Waals surface area (Å²) in [6, 6.07) is 11.6. The number of aromatic nitrogens is 4. The molecule has 30 heavy (non-hydrogen) atoms. The van der Waals surface area contributed by atoms with E-state index in [1.54, 1.807) is 31.0 Å². The monoisotopic (exact) mass is 404 g/mol. The van der Waals surface area contributed by atoms with Crippen LogP contribution in [0.2, 0.25) is 0 Å². The Hall–Kier alpha value is -3.42. The Labute approximate surface area is 174 Å². The normalized spacial score (nSPS) is 20.5. The SMILES string of the molecule is COc1ccc(N2C[C@@H]3CN(c4nc(-c5ccncn5)cc(=O)n4C)C[C@@H]3C2)cc1. The molecule has 2 aliphatic heterocycles. The molecule has 0 radical (unpaired) electrons. The van der Waals surface area contributed by atoms with Crippen LogP contribution in [0.15, 0.2) is 53.7 Å². The number of anilines is 2. The van der Waals surface area contributed by atoms with Crippen LogP contribution in [0.25, 0.3) is 11.4 Å². The lowest BCUT2D eigenvalue weighted by molar-refractivity contribution is 0.415. The highest BCUT2D eigenvalue weighted by Gasteiger charge is 2.41. The second-order valence-corrected chi connectivity index (χ2v) is 7.96. The zero-order valence-corrected chi connectivity index (χ0v) is 17.1. The third kappa shape index (κ3) is 3.28. The van der Waals surface area contributed by atoms with Gasteiger partial charge in [-0.05, 0) is 30.3 Å². The van der Waals surface area contributed by atoms with Gasteiger partial charge in [-0.25, -0.2) is 15.0 Å². The van der Waals surface area contributed by atoms with E-state index in [1.807, 2.05) is 12.1 Å². The zero-order valence-electron chi connectivity index (χ0n) is 17.1. The predicted molar refractivity (Wildman–Crippen MR) is 115 cm³/mol. The fourth-order valence-electron chi connectivity index (χ4n) is 4.54. The van der Waals surface area contributed by atoms with Crippen LogP contribution < -0.4 is 20.1 Å². The van der Waals surface area contributed by atoms with Gasteiger partial charge in [-0.1, -0.05) is 0 Å². The molecule has 2 aromatic heterocycles. The zero-order chi connectivity index (χ0) is 20.7. The van der Waals surface area contributed by atoms with Crippen LogP contribution in [0, 0.1) is 11.8 Å². The third-order valence-electron chi connectivity index (χ3n) is 6.16. The topological polar surface area (TPSA) is 76.4 Å². The maximum atomic E-state index is 12.6. The van der Waals surface area contributed by atoms with Crippen LogP contribution in [0.5, 0.6) is 5.75 Å². The summed E-state index contributed by atoms with van der Waals surface area (Å²) in [6.45, 7) is 3.80. The van der Waals surface area contributed by atoms with Gasteiger partial charge in [0.2, 0.25) is 5.95 Å². The lowest BCUT2D eigenvalue weighted by atomic mass is 10.0. The standard InChI is InChI=1S/C22H24N6O2/c1-26-21(29)9-20(19-7-8-23-14-24-19)25-22(26)28-12-15-10-27(11-16(15)13-28)17-3-5-18(30-2)6-4-17/h3-9,14-16H,10-13H2,1-2H3/t15-,16+. The van der Waals surface area contributed by atoms with Gasteiger partial charge in [0.1, 0.15) is 12.1 Å². The first-order chi connectivity index (χ1) is 14.6. The second-order valence-electron chi connectivity index (χ2n) is 7.96. The highest BCUT2D eigenvalue weighted by Crippen LogP contribution is 2.36. The summed E-state index contributed by atoms with van der Waals surface area (Å²) in [6.07, 6.45) is 3.14. The molecule has 5 rings (SSSR count). The molecule has 2 saturated heterocycles. The molecule has 3 aromatic rings. The van der Waals surface area contributed by atoms with E-state index in [4.69, 9.17) is 9.72 Å². The van der Waals surface area contributed by atoms with Crippen LogP contribution in [0.1, 0.15) is 0 Å². The maximum Gasteiger partial charge on any atom is 0.255 e. The molecule has 1 aromatic carbocycles. The number of benzene rings is 1. The highest BCUT2D eigenvalue weighted by atomic mass is 16.5. The Morgan fingerprint density at radius 2 is 1.67 bits per heavy atom. The van der Waals surface area contributed by atoms with E-state index < -0.39 is 0 Å². The Morgan fingerprint density at radius 3 is 2.30 bits per heavy atom. The van der Waals surface area contributed by atoms with Crippen molar-refractivity contribution in [3.63, 3.8) is 0 Å². The first-order valence-corrected chi connectivity index (χ1v) is 10.1. The summed E-state index contributed by atoms with van der Waals surface area (Å²) in [5.41, 5.74) is 2.40. The van der Waals surface area contributed by atoms with E-state index in [1.165, 1.54) is 18.1 Å². The highest BCUT2D eigenvalue weighted by molar-refractivity contribution is 5.56. The number of hydrogen-bond donors (Lipinski definition) is 0. The molecular weight excluding hydrogens is 380 g/mol. The number of hydrogen-bond acceptors (Lipinski definition) is 7. The molecule has 0 amide bonds. The molecule has 0 spiro atoms. The molecule has 0 N–H and O–H groups in total. The Morgan fingerprint density at radius 1 is 0.967 bits per heavy atom. The van der Waals surface area contributed by atoms with Crippen molar-refractivity contribution in [3.05, 3.63) is 59.3 Å². The summed E-state index contributed by atoms with van der Waals surface area (Å²) in [4.78, 5) is 30.2. The van der Waals surface area contributed by atoms with Crippen LogP contribution in [0.4, 0.5) is 11.6 Å². The van der Waals surface area contributed by atoms with Crippen molar-refractivity contribution in [3.8, 4) is 17.1 Å². The number of methoxy groups -OCH3 is 1. The van der Waals surface area contributed by atoms with Gasteiger partial charge < -0.3 is 14.5 Å². The van der Waals surface area contributed by atoms with Gasteiger partial charge in [-0.3, -0.25) is 9.36 Å². The summed E-state index contributed by atoms with van der Waals surface area (Å²) in [5, 5.41) is 0. The van der Waals surface area contributed by atoms with Gasteiger partial charge in [-0.15, -0.1) is 0 Å². The Balaban J connectivity index is 1.35. The lowest BCUT2D eigenvalue weighted by Crippen LogP contribution is -2.33. The molecule has 0 saturated carbocycles. The van der Waals surface area contributed by atoms with E-state index in [2.05, 4.69) is 31.9 Å². The van der Waals surface area contributed by atoms with E-state index in [0.29, 0.717) is 29.2 Å². The van der Waals surface area contributed by atoms with Crippen LogP contribution in [-0.2, 0) is 7.05 Å². The van der Waals surface area contributed by atoms with E-state index in [9.17, 15) is 4.79 Å². The maximum absolute atomic E-state index is 12.6. The molecule has 0 bridgehead atoms. The lowest BCUT2D eigenvalue weighted by Gasteiger charge is -2.25.